The Morgan fingerprint density at radius 3 is 2.90 bits per heavy atom. The molecular weight excluding hydrogens is 278 g/mol. The van der Waals surface area contributed by atoms with Gasteiger partial charge in [0.2, 0.25) is 10.0 Å². The molecule has 0 aliphatic carbocycles. The summed E-state index contributed by atoms with van der Waals surface area (Å²) in [5.41, 5.74) is 7.33. The van der Waals surface area contributed by atoms with E-state index >= 15 is 0 Å². The Balaban J connectivity index is 2.38. The maximum absolute atomic E-state index is 12.1. The van der Waals surface area contributed by atoms with Crippen LogP contribution < -0.4 is 15.4 Å². The van der Waals surface area contributed by atoms with E-state index in [1.807, 2.05) is 6.92 Å². The zero-order valence-corrected chi connectivity index (χ0v) is 12.6. The largest absolute Gasteiger partial charge is 0.397 e. The number of anilines is 2. The molecule has 0 aromatic heterocycles. The van der Waals surface area contributed by atoms with E-state index in [0.717, 1.165) is 5.69 Å². The van der Waals surface area contributed by atoms with Gasteiger partial charge in [0.15, 0.2) is 0 Å². The van der Waals surface area contributed by atoms with E-state index < -0.39 is 10.0 Å². The Bertz CT molecular complexity index is 574. The highest BCUT2D eigenvalue weighted by Crippen LogP contribution is 2.29. The summed E-state index contributed by atoms with van der Waals surface area (Å²) >= 11 is 0. The SMILES string of the molecule is CCNS(=O)(=O)c1ccc(N)c(N2CCOCC2C)c1. The average Bonchev–Trinajstić information content (AvgIpc) is 2.40. The summed E-state index contributed by atoms with van der Waals surface area (Å²) in [6.45, 7) is 6.08. The van der Waals surface area contributed by atoms with E-state index in [1.54, 1.807) is 19.1 Å². The molecule has 1 unspecified atom stereocenters. The highest BCUT2D eigenvalue weighted by Gasteiger charge is 2.23. The lowest BCUT2D eigenvalue weighted by molar-refractivity contribution is 0.0990. The second-order valence-corrected chi connectivity index (χ2v) is 6.61. The quantitative estimate of drug-likeness (QED) is 0.803. The third kappa shape index (κ3) is 3.05. The third-order valence-corrected chi connectivity index (χ3v) is 4.87. The van der Waals surface area contributed by atoms with Crippen LogP contribution in [-0.4, -0.2) is 40.8 Å². The number of rotatable bonds is 4. The van der Waals surface area contributed by atoms with Crippen LogP contribution in [-0.2, 0) is 14.8 Å². The summed E-state index contributed by atoms with van der Waals surface area (Å²) in [6.07, 6.45) is 0. The zero-order valence-electron chi connectivity index (χ0n) is 11.8. The van der Waals surface area contributed by atoms with Gasteiger partial charge in [0.1, 0.15) is 0 Å². The Morgan fingerprint density at radius 1 is 1.50 bits per heavy atom. The molecule has 20 heavy (non-hydrogen) atoms. The fraction of sp³-hybridized carbons (Fsp3) is 0.538. The summed E-state index contributed by atoms with van der Waals surface area (Å²) < 4.78 is 32.0. The lowest BCUT2D eigenvalue weighted by atomic mass is 10.2. The standard InChI is InChI=1S/C13H21N3O3S/c1-3-15-20(17,18)11-4-5-12(14)13(8-11)16-6-7-19-9-10(16)2/h4-5,8,10,15H,3,6-7,9,14H2,1-2H3. The summed E-state index contributed by atoms with van der Waals surface area (Å²) in [7, 11) is -3.47. The van der Waals surface area contributed by atoms with Gasteiger partial charge >= 0.3 is 0 Å². The van der Waals surface area contributed by atoms with Gasteiger partial charge in [-0.2, -0.15) is 0 Å². The molecule has 0 spiro atoms. The van der Waals surface area contributed by atoms with Gasteiger partial charge in [-0.05, 0) is 25.1 Å². The van der Waals surface area contributed by atoms with Gasteiger partial charge in [0.25, 0.3) is 0 Å². The van der Waals surface area contributed by atoms with Crippen LogP contribution in [0.5, 0.6) is 0 Å². The average molecular weight is 299 g/mol. The topological polar surface area (TPSA) is 84.7 Å². The van der Waals surface area contributed by atoms with E-state index in [-0.39, 0.29) is 10.9 Å². The maximum atomic E-state index is 12.1. The second-order valence-electron chi connectivity index (χ2n) is 4.84. The lowest BCUT2D eigenvalue weighted by Crippen LogP contribution is -2.44. The van der Waals surface area contributed by atoms with E-state index in [0.29, 0.717) is 32.0 Å². The van der Waals surface area contributed by atoms with Crippen molar-refractivity contribution in [3.63, 3.8) is 0 Å². The summed E-state index contributed by atoms with van der Waals surface area (Å²) in [5, 5.41) is 0. The second kappa shape index (κ2) is 5.99. The minimum absolute atomic E-state index is 0.170. The maximum Gasteiger partial charge on any atom is 0.240 e. The van der Waals surface area contributed by atoms with Gasteiger partial charge in [-0.15, -0.1) is 0 Å². The van der Waals surface area contributed by atoms with Crippen LogP contribution in [0.2, 0.25) is 0 Å². The van der Waals surface area contributed by atoms with Crippen molar-refractivity contribution in [2.24, 2.45) is 0 Å². The number of hydrogen-bond acceptors (Lipinski definition) is 5. The van der Waals surface area contributed by atoms with Crippen molar-refractivity contribution in [1.29, 1.82) is 0 Å². The molecule has 1 atom stereocenters. The molecule has 3 N–H and O–H groups in total. The van der Waals surface area contributed by atoms with Crippen molar-refractivity contribution in [1.82, 2.24) is 4.72 Å². The molecule has 1 saturated heterocycles. The molecule has 0 radical (unpaired) electrons. The van der Waals surface area contributed by atoms with Crippen molar-refractivity contribution in [2.45, 2.75) is 24.8 Å². The Labute approximate surface area is 120 Å². The number of nitrogens with zero attached hydrogens (tertiary/aromatic N) is 1. The fourth-order valence-electron chi connectivity index (χ4n) is 2.30. The third-order valence-electron chi connectivity index (χ3n) is 3.32. The van der Waals surface area contributed by atoms with Gasteiger partial charge in [0.05, 0.1) is 29.5 Å². The van der Waals surface area contributed by atoms with Crippen molar-refractivity contribution in [3.8, 4) is 0 Å². The summed E-state index contributed by atoms with van der Waals surface area (Å²) in [4.78, 5) is 2.33. The molecule has 7 heteroatoms. The van der Waals surface area contributed by atoms with Crippen LogP contribution in [0.25, 0.3) is 0 Å². The van der Waals surface area contributed by atoms with E-state index in [2.05, 4.69) is 9.62 Å². The summed E-state index contributed by atoms with van der Waals surface area (Å²) in [5.74, 6) is 0. The zero-order chi connectivity index (χ0) is 14.8. The highest BCUT2D eigenvalue weighted by atomic mass is 32.2. The molecule has 1 fully saturated rings. The molecule has 1 aliphatic rings. The summed E-state index contributed by atoms with van der Waals surface area (Å²) in [6, 6.07) is 4.97. The molecule has 1 aliphatic heterocycles. The smallest absolute Gasteiger partial charge is 0.240 e. The first kappa shape index (κ1) is 15.1. The van der Waals surface area contributed by atoms with Crippen molar-refractivity contribution >= 4 is 21.4 Å². The number of benzene rings is 1. The first-order valence-electron chi connectivity index (χ1n) is 6.69. The Morgan fingerprint density at radius 2 is 2.25 bits per heavy atom. The van der Waals surface area contributed by atoms with Crippen LogP contribution in [0.3, 0.4) is 0 Å². The molecule has 1 aromatic rings. The van der Waals surface area contributed by atoms with Gasteiger partial charge in [-0.1, -0.05) is 6.92 Å². The molecule has 0 amide bonds. The van der Waals surface area contributed by atoms with E-state index in [9.17, 15) is 8.42 Å². The van der Waals surface area contributed by atoms with Gasteiger partial charge < -0.3 is 15.4 Å². The number of nitrogens with two attached hydrogens (primary N) is 1. The van der Waals surface area contributed by atoms with Gasteiger partial charge in [0, 0.05) is 19.1 Å². The van der Waals surface area contributed by atoms with Crippen molar-refractivity contribution < 1.29 is 13.2 Å². The molecular formula is C13H21N3O3S. The van der Waals surface area contributed by atoms with Crippen LogP contribution >= 0.6 is 0 Å². The van der Waals surface area contributed by atoms with E-state index in [4.69, 9.17) is 10.5 Å². The number of morpholine rings is 1. The predicted molar refractivity (Wildman–Crippen MR) is 79.3 cm³/mol. The van der Waals surface area contributed by atoms with Crippen LogP contribution in [0.15, 0.2) is 23.1 Å². The normalized spacial score (nSPS) is 20.1. The molecule has 1 heterocycles. The Kier molecular flexibility index (Phi) is 4.52. The number of hydrogen-bond donors (Lipinski definition) is 2. The van der Waals surface area contributed by atoms with Crippen LogP contribution in [0, 0.1) is 0 Å². The van der Waals surface area contributed by atoms with E-state index in [1.165, 1.54) is 6.07 Å². The Hall–Kier alpha value is -1.31. The highest BCUT2D eigenvalue weighted by molar-refractivity contribution is 7.89. The monoisotopic (exact) mass is 299 g/mol. The molecule has 0 bridgehead atoms. The molecule has 112 valence electrons. The lowest BCUT2D eigenvalue weighted by Gasteiger charge is -2.36. The first-order chi connectivity index (χ1) is 9.45. The van der Waals surface area contributed by atoms with Crippen LogP contribution in [0.4, 0.5) is 11.4 Å². The predicted octanol–water partition coefficient (Wildman–Crippen LogP) is 0.792. The van der Waals surface area contributed by atoms with Gasteiger partial charge in [-0.3, -0.25) is 0 Å². The minimum Gasteiger partial charge on any atom is -0.397 e. The minimum atomic E-state index is -3.47. The molecule has 0 saturated carbocycles. The number of nitrogens with one attached hydrogen (secondary N) is 1. The molecule has 1 aromatic carbocycles. The first-order valence-corrected chi connectivity index (χ1v) is 8.17. The number of ether oxygens (including phenoxy) is 1. The van der Waals surface area contributed by atoms with Crippen LogP contribution in [0.1, 0.15) is 13.8 Å². The molecule has 6 nitrogen and oxygen atoms in total. The number of sulfonamides is 1. The van der Waals surface area contributed by atoms with Gasteiger partial charge in [-0.25, -0.2) is 13.1 Å². The van der Waals surface area contributed by atoms with Crippen molar-refractivity contribution in [3.05, 3.63) is 18.2 Å². The molecule has 2 rings (SSSR count). The number of nitrogen functional groups attached to an aromatic ring is 1. The fourth-order valence-corrected chi connectivity index (χ4v) is 3.36. The van der Waals surface area contributed by atoms with Crippen molar-refractivity contribution in [2.75, 3.05) is 36.9 Å².